The molecule has 0 heterocycles. The van der Waals surface area contributed by atoms with Crippen LogP contribution in [0.15, 0.2) is 60.7 Å². The second-order valence-electron chi connectivity index (χ2n) is 25.5. The Hall–Kier alpha value is -7.06. The number of rotatable bonds is 47. The van der Waals surface area contributed by atoms with Crippen molar-refractivity contribution in [2.45, 2.75) is 231 Å². The van der Waals surface area contributed by atoms with E-state index in [1.165, 1.54) is 0 Å². The third kappa shape index (κ3) is 32.7. The molecule has 25 nitrogen and oxygen atoms in total. The van der Waals surface area contributed by atoms with Gasteiger partial charge in [-0.3, -0.25) is 43.2 Å². The van der Waals surface area contributed by atoms with Crippen LogP contribution in [0, 0.1) is 23.7 Å². The molecule has 0 aliphatic carbocycles. The number of carboxylic acids is 1. The summed E-state index contributed by atoms with van der Waals surface area (Å²) in [6, 6.07) is 6.08. The lowest BCUT2D eigenvalue weighted by molar-refractivity contribution is -0.142. The van der Waals surface area contributed by atoms with E-state index in [-0.39, 0.29) is 88.0 Å². The molecular formula is C66H112N14O11. The summed E-state index contributed by atoms with van der Waals surface area (Å²) < 4.78 is 0. The maximum atomic E-state index is 14.6. The first-order valence-electron chi connectivity index (χ1n) is 32.8. The quantitative estimate of drug-likeness (QED) is 0.0421. The zero-order valence-corrected chi connectivity index (χ0v) is 55.3. The van der Waals surface area contributed by atoms with Gasteiger partial charge in [0.05, 0.1) is 6.04 Å². The summed E-state index contributed by atoms with van der Waals surface area (Å²) in [5.41, 5.74) is 30.7. The number of hydrogen-bond acceptors (Lipinski definition) is 15. The van der Waals surface area contributed by atoms with Gasteiger partial charge < -0.3 is 81.6 Å². The summed E-state index contributed by atoms with van der Waals surface area (Å²) in [6.07, 6.45) is 5.30. The van der Waals surface area contributed by atoms with Gasteiger partial charge >= 0.3 is 5.97 Å². The van der Waals surface area contributed by atoms with Crippen molar-refractivity contribution in [3.63, 3.8) is 0 Å². The van der Waals surface area contributed by atoms with Crippen LogP contribution in [0.2, 0.25) is 0 Å². The SMILES string of the molecule is CC(C)C[C@H](NC(=O)[C@H](CCCCN)NC(=O)[C@H](CC(C)C)NC(=O)[C@H](CC(C)C)NC(=O)[C@H](CCCCN)NC(=O)[C@H](CC(C)C)NC(=O)[C@H](Cc1ccccc1)NC(=O)[C@@H](N)CCCCN)C(=O)N[C@@H](Cc1ccccc1)C(=O)N[C@@H](CCCCN)C(=O)O. The molecule has 20 N–H and O–H groups in total. The first-order chi connectivity index (χ1) is 43.2. The van der Waals surface area contributed by atoms with E-state index in [9.17, 15) is 53.1 Å². The van der Waals surface area contributed by atoms with E-state index in [0.29, 0.717) is 83.0 Å². The molecule has 0 saturated carbocycles. The molecule has 0 aliphatic rings. The molecule has 2 rings (SSSR count). The third-order valence-corrected chi connectivity index (χ3v) is 15.2. The highest BCUT2D eigenvalue weighted by atomic mass is 16.4. The van der Waals surface area contributed by atoms with Crippen molar-refractivity contribution in [2.24, 2.45) is 52.3 Å². The van der Waals surface area contributed by atoms with Crippen molar-refractivity contribution in [3.05, 3.63) is 71.8 Å². The Kier molecular flexibility index (Phi) is 39.1. The summed E-state index contributed by atoms with van der Waals surface area (Å²) in [5, 5.41) is 35.1. The highest BCUT2D eigenvalue weighted by molar-refractivity contribution is 5.98. The molecule has 0 aliphatic heterocycles. The summed E-state index contributed by atoms with van der Waals surface area (Å²) in [6.45, 7) is 16.2. The van der Waals surface area contributed by atoms with Crippen LogP contribution in [0.3, 0.4) is 0 Å². The number of nitrogens with one attached hydrogen (secondary N) is 9. The Morgan fingerprint density at radius 2 is 0.549 bits per heavy atom. The summed E-state index contributed by atoms with van der Waals surface area (Å²) >= 11 is 0. The van der Waals surface area contributed by atoms with Gasteiger partial charge in [-0.05, 0) is 157 Å². The molecule has 9 amide bonds. The van der Waals surface area contributed by atoms with Crippen molar-refractivity contribution in [1.29, 1.82) is 0 Å². The predicted molar refractivity (Wildman–Crippen MR) is 353 cm³/mol. The highest BCUT2D eigenvalue weighted by Gasteiger charge is 2.37. The number of nitrogens with two attached hydrogens (primary N) is 5. The number of benzene rings is 2. The van der Waals surface area contributed by atoms with Crippen LogP contribution in [0.1, 0.15) is 169 Å². The zero-order valence-electron chi connectivity index (χ0n) is 55.3. The Bertz CT molecular complexity index is 2520. The van der Waals surface area contributed by atoms with E-state index in [0.717, 1.165) is 5.56 Å². The fraction of sp³-hybridized carbons (Fsp3) is 0.667. The molecule has 0 fully saturated rings. The molecule has 0 spiro atoms. The zero-order chi connectivity index (χ0) is 68.0. The molecule has 0 unspecified atom stereocenters. The van der Waals surface area contributed by atoms with Gasteiger partial charge in [-0.1, -0.05) is 122 Å². The van der Waals surface area contributed by atoms with Crippen LogP contribution in [-0.2, 0) is 60.8 Å². The van der Waals surface area contributed by atoms with Gasteiger partial charge in [-0.2, -0.15) is 0 Å². The molecular weight excluding hydrogens is 1160 g/mol. The minimum absolute atomic E-state index is 0.00149. The van der Waals surface area contributed by atoms with Crippen molar-refractivity contribution in [3.8, 4) is 0 Å². The fourth-order valence-corrected chi connectivity index (χ4v) is 10.3. The Balaban J connectivity index is 2.48. The van der Waals surface area contributed by atoms with Crippen LogP contribution in [0.5, 0.6) is 0 Å². The molecule has 25 heteroatoms. The number of carbonyl (C=O) groups is 10. The average molecular weight is 1280 g/mol. The van der Waals surface area contributed by atoms with Crippen molar-refractivity contribution < 1.29 is 53.1 Å². The van der Waals surface area contributed by atoms with Crippen molar-refractivity contribution in [2.75, 3.05) is 26.2 Å². The van der Waals surface area contributed by atoms with Crippen LogP contribution in [0.25, 0.3) is 0 Å². The average Bonchev–Trinajstić information content (AvgIpc) is 1.62. The van der Waals surface area contributed by atoms with Gasteiger partial charge in [0.25, 0.3) is 0 Å². The molecule has 0 bridgehead atoms. The molecule has 0 saturated heterocycles. The van der Waals surface area contributed by atoms with E-state index < -0.39 is 120 Å². The number of carbonyl (C=O) groups excluding carboxylic acids is 9. The predicted octanol–water partition coefficient (Wildman–Crippen LogP) is 1.95. The summed E-state index contributed by atoms with van der Waals surface area (Å²) in [5.74, 6) is -8.01. The first-order valence-corrected chi connectivity index (χ1v) is 32.8. The smallest absolute Gasteiger partial charge is 0.326 e. The van der Waals surface area contributed by atoms with Crippen LogP contribution >= 0.6 is 0 Å². The van der Waals surface area contributed by atoms with Crippen molar-refractivity contribution in [1.82, 2.24) is 47.9 Å². The largest absolute Gasteiger partial charge is 0.480 e. The Morgan fingerprint density at radius 1 is 0.319 bits per heavy atom. The van der Waals surface area contributed by atoms with Gasteiger partial charge in [0, 0.05) is 12.8 Å². The number of aliphatic carboxylic acids is 1. The normalized spacial score (nSPS) is 14.7. The molecule has 2 aromatic carbocycles. The minimum atomic E-state index is -1.25. The first kappa shape index (κ1) is 80.0. The van der Waals surface area contributed by atoms with E-state index in [1.54, 1.807) is 42.5 Å². The Labute approximate surface area is 539 Å². The van der Waals surface area contributed by atoms with Gasteiger partial charge in [0.15, 0.2) is 0 Å². The maximum Gasteiger partial charge on any atom is 0.326 e. The number of unbranched alkanes of at least 4 members (excludes halogenated alkanes) is 4. The minimum Gasteiger partial charge on any atom is -0.480 e. The monoisotopic (exact) mass is 1280 g/mol. The number of carboxylic acid groups (broad SMARTS) is 1. The Morgan fingerprint density at radius 3 is 0.835 bits per heavy atom. The second-order valence-corrected chi connectivity index (χ2v) is 25.5. The molecule has 0 aromatic heterocycles. The number of amides is 9. The highest BCUT2D eigenvalue weighted by Crippen LogP contribution is 2.16. The molecule has 2 aromatic rings. The number of hydrogen-bond donors (Lipinski definition) is 15. The molecule has 512 valence electrons. The van der Waals surface area contributed by atoms with Gasteiger partial charge in [0.1, 0.15) is 54.4 Å². The van der Waals surface area contributed by atoms with Gasteiger partial charge in [0.2, 0.25) is 53.2 Å². The fourth-order valence-electron chi connectivity index (χ4n) is 10.3. The van der Waals surface area contributed by atoms with E-state index in [4.69, 9.17) is 28.7 Å². The van der Waals surface area contributed by atoms with Crippen LogP contribution in [-0.4, -0.2) is 151 Å². The third-order valence-electron chi connectivity index (χ3n) is 15.2. The summed E-state index contributed by atoms with van der Waals surface area (Å²) in [4.78, 5) is 141. The molecule has 91 heavy (non-hydrogen) atoms. The van der Waals surface area contributed by atoms with Crippen LogP contribution < -0.4 is 76.5 Å². The van der Waals surface area contributed by atoms with E-state index in [1.807, 2.05) is 73.6 Å². The standard InChI is InChI=1S/C66H112N14O11/c1-41(2)35-51(60(84)72-49(29-17-21-33-69)59(83)77-54(38-44(7)8)63(87)80-56(40-46-25-13-10-14-26-46)64(88)74-50(66(90)91)30-18-22-34-70)78-62(86)53(37-43(5)6)76-58(82)48(28-16-20-32-68)73-61(85)52(36-42(3)4)79-65(89)55(39-45-23-11-9-12-24-45)75-57(81)47(71)27-15-19-31-67/h9-14,23-26,41-44,47-56H,15-22,27-40,67-71H2,1-8H3,(H,72,84)(H,73,85)(H,74,88)(H,75,81)(H,76,82)(H,77,83)(H,78,86)(H,79,89)(H,80,87)(H,90,91)/t47-,48-,49-,50-,51-,52-,53-,54-,55-,56-/m0/s1. The topological polar surface area (TPSA) is 429 Å². The van der Waals surface area contributed by atoms with Gasteiger partial charge in [-0.15, -0.1) is 0 Å². The van der Waals surface area contributed by atoms with E-state index in [2.05, 4.69) is 47.9 Å². The lowest BCUT2D eigenvalue weighted by Crippen LogP contribution is -2.61. The molecule has 0 radical (unpaired) electrons. The van der Waals surface area contributed by atoms with Crippen LogP contribution in [0.4, 0.5) is 0 Å². The summed E-state index contributed by atoms with van der Waals surface area (Å²) in [7, 11) is 0. The second kappa shape index (κ2) is 44.4. The maximum absolute atomic E-state index is 14.6. The van der Waals surface area contributed by atoms with E-state index >= 15 is 0 Å². The molecule has 10 atom stereocenters. The van der Waals surface area contributed by atoms with Crippen molar-refractivity contribution >= 4 is 59.1 Å². The lowest BCUT2D eigenvalue weighted by Gasteiger charge is -2.29. The lowest BCUT2D eigenvalue weighted by atomic mass is 9.98. The van der Waals surface area contributed by atoms with Gasteiger partial charge in [-0.25, -0.2) is 4.79 Å².